The molecule has 0 aliphatic heterocycles. The zero-order valence-corrected chi connectivity index (χ0v) is 17.6. The van der Waals surface area contributed by atoms with Crippen molar-refractivity contribution in [3.8, 4) is 0 Å². The molecule has 0 amide bonds. The van der Waals surface area contributed by atoms with Gasteiger partial charge in [-0.15, -0.1) is 0 Å². The molecule has 3 unspecified atom stereocenters. The number of likely N-dealkylation sites (N-methyl/N-ethyl adjacent to an activating group) is 1. The van der Waals surface area contributed by atoms with E-state index >= 15 is 0 Å². The molecule has 0 aromatic heterocycles. The van der Waals surface area contributed by atoms with Crippen molar-refractivity contribution in [1.82, 2.24) is 4.90 Å². The van der Waals surface area contributed by atoms with Crippen molar-refractivity contribution in [3.63, 3.8) is 0 Å². The van der Waals surface area contributed by atoms with Crippen molar-refractivity contribution in [3.05, 3.63) is 75.3 Å². The monoisotopic (exact) mass is 403 g/mol. The van der Waals surface area contributed by atoms with Crippen LogP contribution in [0, 0.1) is 5.92 Å². The fourth-order valence-electron chi connectivity index (χ4n) is 4.26. The first-order chi connectivity index (χ1) is 12.8. The lowest BCUT2D eigenvalue weighted by molar-refractivity contribution is -0.0284. The Bertz CT molecular complexity index is 815. The number of benzene rings is 2. The fraction of sp³-hybridized carbons (Fsp3) is 0.391. The van der Waals surface area contributed by atoms with E-state index in [9.17, 15) is 5.11 Å². The van der Waals surface area contributed by atoms with Crippen LogP contribution in [-0.2, 0) is 6.42 Å². The Balaban J connectivity index is 2.08. The largest absolute Gasteiger partial charge is 0.383 e. The second-order valence-corrected chi connectivity index (χ2v) is 8.65. The number of nitrogens with zero attached hydrogens (tertiary/aromatic N) is 1. The first-order valence-corrected chi connectivity index (χ1v) is 10.2. The summed E-state index contributed by atoms with van der Waals surface area (Å²) in [5.74, 6) is 0.296. The van der Waals surface area contributed by atoms with Gasteiger partial charge in [0.2, 0.25) is 0 Å². The molecule has 2 aromatic rings. The van der Waals surface area contributed by atoms with E-state index in [1.165, 1.54) is 0 Å². The standard InChI is InChI=1S/C23H27Cl2NO/c1-16-8-13-22(26(2)3)23(27,15-18-6-4-5-7-21(18)25)20(16)14-17-9-11-19(24)12-10-17/h4-7,9-12,14,16,22,27H,8,13,15H2,1-3H3. The molecule has 144 valence electrons. The van der Waals surface area contributed by atoms with Gasteiger partial charge in [0.05, 0.1) is 0 Å². The molecule has 3 rings (SSSR count). The molecule has 0 radical (unpaired) electrons. The average molecular weight is 404 g/mol. The zero-order chi connectivity index (χ0) is 19.6. The first kappa shape index (κ1) is 20.4. The third-order valence-corrected chi connectivity index (χ3v) is 6.31. The molecular formula is C23H27Cl2NO. The highest BCUT2D eigenvalue weighted by Crippen LogP contribution is 2.43. The summed E-state index contributed by atoms with van der Waals surface area (Å²) in [4.78, 5) is 2.14. The highest BCUT2D eigenvalue weighted by molar-refractivity contribution is 6.31. The van der Waals surface area contributed by atoms with Crippen LogP contribution in [0.25, 0.3) is 6.08 Å². The summed E-state index contributed by atoms with van der Waals surface area (Å²) in [6, 6.07) is 15.6. The van der Waals surface area contributed by atoms with Gasteiger partial charge in [0.25, 0.3) is 0 Å². The fourth-order valence-corrected chi connectivity index (χ4v) is 4.59. The predicted molar refractivity (Wildman–Crippen MR) is 115 cm³/mol. The van der Waals surface area contributed by atoms with Crippen LogP contribution in [0.5, 0.6) is 0 Å². The van der Waals surface area contributed by atoms with E-state index in [0.29, 0.717) is 22.4 Å². The predicted octanol–water partition coefficient (Wildman–Crippen LogP) is 5.71. The van der Waals surface area contributed by atoms with Gasteiger partial charge in [-0.2, -0.15) is 0 Å². The van der Waals surface area contributed by atoms with Crippen LogP contribution in [0.4, 0.5) is 0 Å². The Morgan fingerprint density at radius 1 is 1.07 bits per heavy atom. The molecule has 0 spiro atoms. The molecule has 3 atom stereocenters. The second kappa shape index (κ2) is 8.36. The van der Waals surface area contributed by atoms with Crippen molar-refractivity contribution in [1.29, 1.82) is 0 Å². The average Bonchev–Trinajstić information content (AvgIpc) is 2.62. The van der Waals surface area contributed by atoms with E-state index in [0.717, 1.165) is 29.5 Å². The van der Waals surface area contributed by atoms with E-state index in [2.05, 4.69) is 17.9 Å². The van der Waals surface area contributed by atoms with Crippen molar-refractivity contribution < 1.29 is 5.11 Å². The van der Waals surface area contributed by atoms with E-state index < -0.39 is 5.60 Å². The summed E-state index contributed by atoms with van der Waals surface area (Å²) in [6.45, 7) is 2.20. The molecule has 2 aromatic carbocycles. The maximum Gasteiger partial charge on any atom is 0.106 e. The quantitative estimate of drug-likeness (QED) is 0.706. The topological polar surface area (TPSA) is 23.5 Å². The normalized spacial score (nSPS) is 27.3. The van der Waals surface area contributed by atoms with Gasteiger partial charge in [0.1, 0.15) is 5.60 Å². The molecule has 1 N–H and O–H groups in total. The Morgan fingerprint density at radius 2 is 1.74 bits per heavy atom. The van der Waals surface area contributed by atoms with Crippen LogP contribution in [0.15, 0.2) is 54.1 Å². The highest BCUT2D eigenvalue weighted by Gasteiger charge is 2.46. The molecule has 27 heavy (non-hydrogen) atoms. The number of aliphatic hydroxyl groups is 1. The van der Waals surface area contributed by atoms with Gasteiger partial charge >= 0.3 is 0 Å². The SMILES string of the molecule is CC1CCC(N(C)C)C(O)(Cc2ccccc2Cl)C1=Cc1ccc(Cl)cc1. The Morgan fingerprint density at radius 3 is 2.37 bits per heavy atom. The van der Waals surface area contributed by atoms with Gasteiger partial charge in [-0.1, -0.05) is 66.5 Å². The van der Waals surface area contributed by atoms with Crippen LogP contribution < -0.4 is 0 Å². The lowest BCUT2D eigenvalue weighted by Crippen LogP contribution is -2.56. The molecular weight excluding hydrogens is 377 g/mol. The summed E-state index contributed by atoms with van der Waals surface area (Å²) >= 11 is 12.5. The van der Waals surface area contributed by atoms with Crippen LogP contribution >= 0.6 is 23.2 Å². The van der Waals surface area contributed by atoms with Gasteiger partial charge in [-0.3, -0.25) is 0 Å². The Kier molecular flexibility index (Phi) is 6.32. The minimum Gasteiger partial charge on any atom is -0.383 e. The van der Waals surface area contributed by atoms with Crippen LogP contribution in [0.2, 0.25) is 10.0 Å². The summed E-state index contributed by atoms with van der Waals surface area (Å²) in [6.07, 6.45) is 4.63. The molecule has 1 saturated carbocycles. The molecule has 1 aliphatic carbocycles. The molecule has 2 nitrogen and oxygen atoms in total. The zero-order valence-electron chi connectivity index (χ0n) is 16.1. The van der Waals surface area contributed by atoms with Crippen molar-refractivity contribution in [2.24, 2.45) is 5.92 Å². The molecule has 0 heterocycles. The van der Waals surface area contributed by atoms with Crippen molar-refractivity contribution in [2.45, 2.75) is 37.8 Å². The minimum absolute atomic E-state index is 0.0310. The van der Waals surface area contributed by atoms with Gasteiger partial charge in [-0.25, -0.2) is 0 Å². The Labute approximate surface area is 172 Å². The molecule has 0 saturated heterocycles. The number of rotatable bonds is 4. The van der Waals surface area contributed by atoms with E-state index in [1.807, 2.05) is 62.6 Å². The van der Waals surface area contributed by atoms with Gasteiger partial charge in [0.15, 0.2) is 0 Å². The maximum absolute atomic E-state index is 12.0. The summed E-state index contributed by atoms with van der Waals surface area (Å²) < 4.78 is 0. The summed E-state index contributed by atoms with van der Waals surface area (Å²) in [5, 5.41) is 13.4. The third kappa shape index (κ3) is 4.41. The number of hydrogen-bond donors (Lipinski definition) is 1. The number of halogens is 2. The van der Waals surface area contributed by atoms with Crippen LogP contribution in [-0.4, -0.2) is 35.7 Å². The van der Waals surface area contributed by atoms with E-state index in [4.69, 9.17) is 23.2 Å². The summed E-state index contributed by atoms with van der Waals surface area (Å²) in [7, 11) is 4.08. The minimum atomic E-state index is -0.980. The summed E-state index contributed by atoms with van der Waals surface area (Å²) in [5.41, 5.74) is 2.11. The maximum atomic E-state index is 12.0. The molecule has 0 bridgehead atoms. The van der Waals surface area contributed by atoms with Crippen LogP contribution in [0.1, 0.15) is 30.9 Å². The van der Waals surface area contributed by atoms with E-state index in [1.54, 1.807) is 0 Å². The number of hydrogen-bond acceptors (Lipinski definition) is 2. The van der Waals surface area contributed by atoms with Gasteiger partial charge < -0.3 is 10.0 Å². The first-order valence-electron chi connectivity index (χ1n) is 9.41. The lowest BCUT2D eigenvalue weighted by atomic mass is 9.67. The Hall–Kier alpha value is -1.32. The third-order valence-electron chi connectivity index (χ3n) is 5.69. The highest BCUT2D eigenvalue weighted by atomic mass is 35.5. The molecule has 1 fully saturated rings. The van der Waals surface area contributed by atoms with Crippen molar-refractivity contribution >= 4 is 29.3 Å². The second-order valence-electron chi connectivity index (χ2n) is 7.80. The smallest absolute Gasteiger partial charge is 0.106 e. The van der Waals surface area contributed by atoms with Crippen LogP contribution in [0.3, 0.4) is 0 Å². The molecule has 1 aliphatic rings. The van der Waals surface area contributed by atoms with Crippen molar-refractivity contribution in [2.75, 3.05) is 14.1 Å². The lowest BCUT2D eigenvalue weighted by Gasteiger charge is -2.48. The van der Waals surface area contributed by atoms with E-state index in [-0.39, 0.29) is 6.04 Å². The molecule has 4 heteroatoms. The van der Waals surface area contributed by atoms with Gasteiger partial charge in [0, 0.05) is 22.5 Å². The van der Waals surface area contributed by atoms with Gasteiger partial charge in [-0.05, 0) is 67.8 Å².